The average Bonchev–Trinajstić information content (AvgIpc) is 0.783. The zero-order valence-electron chi connectivity index (χ0n) is 52.3. The molecule has 7 saturated heterocycles. The number of hydrogen-bond donors (Lipinski definition) is 29. The third-order valence-electron chi connectivity index (χ3n) is 19.3. The van der Waals surface area contributed by atoms with E-state index in [1.54, 1.807) is 0 Å². The Labute approximate surface area is 555 Å². The number of rotatable bonds is 23. The topological polar surface area (TPSA) is 690 Å². The molecule has 9 rings (SSSR count). The van der Waals surface area contributed by atoms with Gasteiger partial charge in [-0.1, -0.05) is 12.2 Å². The van der Waals surface area contributed by atoms with Crippen LogP contribution in [0.5, 0.6) is 0 Å². The summed E-state index contributed by atoms with van der Waals surface area (Å²) < 4.78 is 73.8. The molecule has 0 aromatic rings. The fourth-order valence-electron chi connectivity index (χ4n) is 13.5. The number of aliphatic hydroxyl groups is 27. The van der Waals surface area contributed by atoms with E-state index in [0.29, 0.717) is 0 Å². The van der Waals surface area contributed by atoms with Gasteiger partial charge in [-0.2, -0.15) is 0 Å². The van der Waals surface area contributed by atoms with Crippen LogP contribution in [0.1, 0.15) is 13.8 Å². The Morgan fingerprint density at radius 1 is 0.296 bits per heavy atom. The molecule has 42 heteroatoms. The van der Waals surface area contributed by atoms with E-state index in [4.69, 9.17) is 61.6 Å². The molecule has 7 aliphatic heterocycles. The van der Waals surface area contributed by atoms with Crippen molar-refractivity contribution in [1.29, 1.82) is 0 Å². The second-order valence-electron chi connectivity index (χ2n) is 25.6. The van der Waals surface area contributed by atoms with Crippen molar-refractivity contribution in [2.75, 3.05) is 46.2 Å². The molecule has 0 unspecified atom stereocenters. The molecule has 43 atom stereocenters. The van der Waals surface area contributed by atoms with Crippen molar-refractivity contribution in [2.45, 2.75) is 277 Å². The molecule has 2 aliphatic carbocycles. The van der Waals surface area contributed by atoms with Crippen LogP contribution in [-0.2, 0) is 61.6 Å². The van der Waals surface area contributed by atoms with Gasteiger partial charge in [0.25, 0.3) is 0 Å². The monoisotopic (exact) mass is 1430 g/mol. The van der Waals surface area contributed by atoms with Crippen LogP contribution in [0.15, 0.2) is 23.3 Å². The van der Waals surface area contributed by atoms with Gasteiger partial charge >= 0.3 is 0 Å². The summed E-state index contributed by atoms with van der Waals surface area (Å²) in [7, 11) is 0. The molecule has 0 radical (unpaired) electrons. The molecule has 0 amide bonds. The van der Waals surface area contributed by atoms with Crippen LogP contribution < -0.4 is 10.6 Å². The first-order valence-electron chi connectivity index (χ1n) is 31.7. The minimum absolute atomic E-state index is 0.0451. The van der Waals surface area contributed by atoms with Crippen molar-refractivity contribution in [1.82, 2.24) is 10.6 Å². The molecule has 0 bridgehead atoms. The molecule has 0 aromatic heterocycles. The highest BCUT2D eigenvalue weighted by molar-refractivity contribution is 5.24. The first-order chi connectivity index (χ1) is 46.4. The Bertz CT molecular complexity index is 2550. The zero-order chi connectivity index (χ0) is 72.0. The lowest BCUT2D eigenvalue weighted by molar-refractivity contribution is -0.388. The summed E-state index contributed by atoms with van der Waals surface area (Å²) in [5.41, 5.74) is -0.260. The number of ether oxygens (including phenoxy) is 13. The van der Waals surface area contributed by atoms with Crippen molar-refractivity contribution in [2.24, 2.45) is 0 Å². The molecule has 98 heavy (non-hydrogen) atoms. The maximum absolute atomic E-state index is 11.5. The fraction of sp³-hybridized carbons (Fsp3) is 0.929. The van der Waals surface area contributed by atoms with Crippen molar-refractivity contribution < 1.29 is 199 Å². The number of hydrogen-bond acceptors (Lipinski definition) is 42. The van der Waals surface area contributed by atoms with Crippen LogP contribution in [0.25, 0.3) is 0 Å². The maximum Gasteiger partial charge on any atom is 0.187 e. The van der Waals surface area contributed by atoms with E-state index in [2.05, 4.69) is 10.6 Å². The standard InChI is InChI=1S/C56H94N2O40/c1-12-23(57-16-3-14(5-59)25(66)30(71)26(16)67)28(69)38(79)51(86-12)95-47-20(9-63)91-55(42(83)35(47)76)98-49-22(11-65)92-56(43(84)36(49)77)97-48-21(10-64)89-53(40(81)33(48)74)93-44-15(6-60)4-17(27(68)31(44)72)58-24-13(2)87-52(39(80)29(24)70)94-46-19(8-62)90-54(41(82)34(46)75)96-45-18(7-61)88-50(85)37(78)32(45)73/h3-4,12-13,16-85H,5-11H2,1-2H3/t12-,13-,16+,17+,18-,19-,20-,21-,22-,23-,24-,25-,26+,27+,28+,29+,30+,31-,32-,33-,34-,35-,36-,37-,38-,39-,40-,41-,42-,43-,44-,45-,46-,47-,48-,49-,50-,51-,52-,53-,54-,55-,56-/m1/s1. The lowest BCUT2D eigenvalue weighted by Crippen LogP contribution is -2.69. The predicted molar refractivity (Wildman–Crippen MR) is 305 cm³/mol. The van der Waals surface area contributed by atoms with E-state index in [-0.39, 0.29) is 11.1 Å². The molecule has 0 aromatic carbocycles. The predicted octanol–water partition coefficient (Wildman–Crippen LogP) is -18.3. The van der Waals surface area contributed by atoms with Crippen LogP contribution in [0, 0.1) is 0 Å². The highest BCUT2D eigenvalue weighted by atomic mass is 16.8. The van der Waals surface area contributed by atoms with Crippen LogP contribution in [0.2, 0.25) is 0 Å². The normalized spacial score (nSPS) is 52.9. The van der Waals surface area contributed by atoms with E-state index < -0.39 is 310 Å². The lowest BCUT2D eigenvalue weighted by atomic mass is 9.86. The van der Waals surface area contributed by atoms with Gasteiger partial charge < -0.3 is 210 Å². The summed E-state index contributed by atoms with van der Waals surface area (Å²) in [5, 5.41) is 297. The van der Waals surface area contributed by atoms with Gasteiger partial charge in [0, 0.05) is 0 Å². The molecular formula is C56H94N2O40. The van der Waals surface area contributed by atoms with Gasteiger partial charge in [-0.25, -0.2) is 0 Å². The van der Waals surface area contributed by atoms with E-state index in [0.717, 1.165) is 6.08 Å². The smallest absolute Gasteiger partial charge is 0.187 e. The summed E-state index contributed by atoms with van der Waals surface area (Å²) in [5.74, 6) is 0. The maximum atomic E-state index is 11.5. The highest BCUT2D eigenvalue weighted by Crippen LogP contribution is 2.38. The van der Waals surface area contributed by atoms with Gasteiger partial charge in [-0.15, -0.1) is 0 Å². The van der Waals surface area contributed by atoms with Crippen LogP contribution in [0.4, 0.5) is 0 Å². The molecule has 0 saturated carbocycles. The zero-order valence-corrected chi connectivity index (χ0v) is 52.3. The first-order valence-corrected chi connectivity index (χ1v) is 31.7. The minimum Gasteiger partial charge on any atom is -0.394 e. The fourth-order valence-corrected chi connectivity index (χ4v) is 13.5. The van der Waals surface area contributed by atoms with Gasteiger partial charge in [0.05, 0.1) is 82.6 Å². The van der Waals surface area contributed by atoms with Gasteiger partial charge in [-0.05, 0) is 25.0 Å². The van der Waals surface area contributed by atoms with E-state index >= 15 is 0 Å². The Balaban J connectivity index is 0.774. The summed E-state index contributed by atoms with van der Waals surface area (Å²) in [6, 6.07) is -5.17. The lowest BCUT2D eigenvalue weighted by Gasteiger charge is -2.49. The summed E-state index contributed by atoms with van der Waals surface area (Å²) in [6.45, 7) is -3.77. The van der Waals surface area contributed by atoms with Crippen molar-refractivity contribution >= 4 is 0 Å². The van der Waals surface area contributed by atoms with Crippen molar-refractivity contribution in [3.8, 4) is 0 Å². The Morgan fingerprint density at radius 2 is 0.571 bits per heavy atom. The Kier molecular flexibility index (Phi) is 27.7. The highest BCUT2D eigenvalue weighted by Gasteiger charge is 2.59. The van der Waals surface area contributed by atoms with Gasteiger partial charge in [0.1, 0.15) is 183 Å². The first kappa shape index (κ1) is 79.9. The molecule has 7 fully saturated rings. The molecule has 29 N–H and O–H groups in total. The second-order valence-corrected chi connectivity index (χ2v) is 25.6. The average molecular weight is 1440 g/mol. The molecule has 9 aliphatic rings. The molecule has 42 nitrogen and oxygen atoms in total. The molecular weight excluding hydrogens is 1340 g/mol. The molecule has 0 spiro atoms. The van der Waals surface area contributed by atoms with E-state index in [1.165, 1.54) is 19.9 Å². The summed E-state index contributed by atoms with van der Waals surface area (Å²) >= 11 is 0. The summed E-state index contributed by atoms with van der Waals surface area (Å²) in [4.78, 5) is 0. The molecule has 7 heterocycles. The summed E-state index contributed by atoms with van der Waals surface area (Å²) in [6.07, 6.45) is -70.1. The number of nitrogens with one attached hydrogen (secondary N) is 2. The van der Waals surface area contributed by atoms with E-state index in [9.17, 15) is 138 Å². The van der Waals surface area contributed by atoms with Crippen LogP contribution in [0.3, 0.4) is 0 Å². The Morgan fingerprint density at radius 3 is 0.898 bits per heavy atom. The van der Waals surface area contributed by atoms with Crippen molar-refractivity contribution in [3.05, 3.63) is 23.3 Å². The SMILES string of the molecule is C[C@H]1O[C@H](O[C@H]2[C@H](O)[C@@H](O)[C@@H](O[C@H]3[C@H](O)[C@@H](O)[C@H](O)O[C@@H]3CO)O[C@@H]2CO)[C@H](O)[C@@H](O)[C@@H]1N[C@H]1C=C(CO)[C@@H](O[C@H]2O[C@H](CO)[C@@H](O[C@H]3O[C@H](CO)[C@@H](O[C@H]4O[C@H](CO)[C@@H](O[C@H]5O[C@H](C)[C@@H](N[C@H]6C=C(CO)[C@@H](O)[C@H](O)[C@H]6O)[C@H](O)[C@H]5O)[C@H](O)[C@H]4O)[C@H](O)[C@H]3O)[C@H](O)[C@H]2O)[C@H](O)[C@H]1O. The third kappa shape index (κ3) is 16.1. The van der Waals surface area contributed by atoms with Gasteiger partial charge in [0.15, 0.2) is 44.0 Å². The molecule has 568 valence electrons. The quantitative estimate of drug-likeness (QED) is 0.0422. The number of aliphatic hydroxyl groups excluding tert-OH is 27. The van der Waals surface area contributed by atoms with Gasteiger partial charge in [0.2, 0.25) is 0 Å². The largest absolute Gasteiger partial charge is 0.394 e. The van der Waals surface area contributed by atoms with E-state index in [1.807, 2.05) is 0 Å². The minimum atomic E-state index is -2.23. The van der Waals surface area contributed by atoms with Crippen LogP contribution in [-0.4, -0.2) is 448 Å². The van der Waals surface area contributed by atoms with Crippen molar-refractivity contribution in [3.63, 3.8) is 0 Å². The third-order valence-corrected chi connectivity index (χ3v) is 19.3. The second kappa shape index (κ2) is 33.9. The van der Waals surface area contributed by atoms with Crippen LogP contribution >= 0.6 is 0 Å². The van der Waals surface area contributed by atoms with Gasteiger partial charge in [-0.3, -0.25) is 0 Å². The Hall–Kier alpha value is -2.20.